The number of carbonyl (C=O) groups excluding carboxylic acids is 2. The highest BCUT2D eigenvalue weighted by molar-refractivity contribution is 5.79. The molecule has 1 fully saturated rings. The van der Waals surface area contributed by atoms with Gasteiger partial charge in [0.05, 0.1) is 12.8 Å². The van der Waals surface area contributed by atoms with Gasteiger partial charge in [-0.15, -0.1) is 0 Å². The van der Waals surface area contributed by atoms with Crippen molar-refractivity contribution in [1.29, 1.82) is 0 Å². The van der Waals surface area contributed by atoms with Gasteiger partial charge in [-0.2, -0.15) is 0 Å². The lowest BCUT2D eigenvalue weighted by Crippen LogP contribution is -2.49. The second-order valence-electron chi connectivity index (χ2n) is 7.71. The Labute approximate surface area is 163 Å². The van der Waals surface area contributed by atoms with Crippen molar-refractivity contribution in [2.24, 2.45) is 5.92 Å². The molecule has 2 unspecified atom stereocenters. The van der Waals surface area contributed by atoms with Gasteiger partial charge < -0.3 is 19.2 Å². The molecular weight excluding hydrogens is 358 g/mol. The molecule has 2 atom stereocenters. The lowest BCUT2D eigenvalue weighted by molar-refractivity contribution is -0.134. The van der Waals surface area contributed by atoms with Gasteiger partial charge in [-0.05, 0) is 37.0 Å². The number of nitrogens with zero attached hydrogens (tertiary/aromatic N) is 2. The van der Waals surface area contributed by atoms with Crippen LogP contribution in [0.4, 0.5) is 0 Å². The number of furan rings is 1. The maximum atomic E-state index is 12.6. The van der Waals surface area contributed by atoms with Crippen LogP contribution >= 0.6 is 0 Å². The van der Waals surface area contributed by atoms with E-state index in [-0.39, 0.29) is 23.3 Å². The van der Waals surface area contributed by atoms with Crippen molar-refractivity contribution in [2.45, 2.75) is 44.7 Å². The largest absolute Gasteiger partial charge is 0.467 e. The Kier molecular flexibility index (Phi) is 5.32. The third kappa shape index (κ3) is 4.03. The molecule has 0 saturated carbocycles. The van der Waals surface area contributed by atoms with Gasteiger partial charge in [-0.3, -0.25) is 14.4 Å². The minimum absolute atomic E-state index is 0.0486. The molecule has 2 aromatic heterocycles. The lowest BCUT2D eigenvalue weighted by Gasteiger charge is -2.42. The highest BCUT2D eigenvalue weighted by Gasteiger charge is 2.35. The number of hydrogen-bond donors (Lipinski definition) is 1. The summed E-state index contributed by atoms with van der Waals surface area (Å²) in [7, 11) is 0. The van der Waals surface area contributed by atoms with Gasteiger partial charge in [0.25, 0.3) is 5.56 Å². The van der Waals surface area contributed by atoms with Crippen LogP contribution in [0.15, 0.2) is 45.8 Å². The molecule has 1 N–H and O–H groups in total. The zero-order valence-electron chi connectivity index (χ0n) is 15.8. The van der Waals surface area contributed by atoms with E-state index in [4.69, 9.17) is 4.42 Å². The Balaban J connectivity index is 1.26. The van der Waals surface area contributed by atoms with E-state index in [2.05, 4.69) is 5.32 Å². The highest BCUT2D eigenvalue weighted by Crippen LogP contribution is 2.35. The van der Waals surface area contributed by atoms with Crippen molar-refractivity contribution in [1.82, 2.24) is 14.8 Å². The van der Waals surface area contributed by atoms with E-state index < -0.39 is 0 Å². The number of hydrogen-bond acceptors (Lipinski definition) is 4. The number of likely N-dealkylation sites (tertiary alicyclic amines) is 1. The summed E-state index contributed by atoms with van der Waals surface area (Å²) in [4.78, 5) is 38.6. The van der Waals surface area contributed by atoms with Gasteiger partial charge in [0.1, 0.15) is 5.76 Å². The van der Waals surface area contributed by atoms with Crippen molar-refractivity contribution >= 4 is 11.8 Å². The molecule has 148 valence electrons. The second kappa shape index (κ2) is 8.04. The Morgan fingerprint density at radius 3 is 2.82 bits per heavy atom. The molecule has 0 radical (unpaired) electrons. The second-order valence-corrected chi connectivity index (χ2v) is 7.71. The number of fused-ring (bicyclic) bond motifs is 4. The van der Waals surface area contributed by atoms with E-state index in [0.29, 0.717) is 57.1 Å². The first-order valence-electron chi connectivity index (χ1n) is 9.87. The average molecular weight is 383 g/mol. The molecule has 2 aliphatic rings. The Bertz CT molecular complexity index is 903. The van der Waals surface area contributed by atoms with Crippen LogP contribution in [0.3, 0.4) is 0 Å². The molecule has 0 aromatic carbocycles. The molecule has 4 heterocycles. The third-order valence-electron chi connectivity index (χ3n) is 5.67. The summed E-state index contributed by atoms with van der Waals surface area (Å²) in [5, 5.41) is 2.80. The predicted molar refractivity (Wildman–Crippen MR) is 103 cm³/mol. The monoisotopic (exact) mass is 383 g/mol. The Morgan fingerprint density at radius 1 is 1.11 bits per heavy atom. The highest BCUT2D eigenvalue weighted by atomic mass is 16.3. The quantitative estimate of drug-likeness (QED) is 0.825. The first-order chi connectivity index (χ1) is 13.6. The zero-order chi connectivity index (χ0) is 19.5. The molecule has 0 aliphatic carbocycles. The van der Waals surface area contributed by atoms with Crippen LogP contribution in [-0.2, 0) is 22.7 Å². The molecular formula is C21H25N3O4. The number of nitrogens with one attached hydrogen (secondary N) is 1. The maximum Gasteiger partial charge on any atom is 0.250 e. The molecule has 4 rings (SSSR count). The summed E-state index contributed by atoms with van der Waals surface area (Å²) in [6.45, 7) is 2.41. The normalized spacial score (nSPS) is 20.5. The van der Waals surface area contributed by atoms with Gasteiger partial charge >= 0.3 is 0 Å². The van der Waals surface area contributed by atoms with Crippen LogP contribution < -0.4 is 10.9 Å². The van der Waals surface area contributed by atoms with Crippen molar-refractivity contribution in [3.05, 3.63) is 58.4 Å². The Hall–Kier alpha value is -2.83. The van der Waals surface area contributed by atoms with Crippen molar-refractivity contribution in [3.63, 3.8) is 0 Å². The van der Waals surface area contributed by atoms with E-state index in [1.165, 1.54) is 0 Å². The molecule has 7 heteroatoms. The first-order valence-corrected chi connectivity index (χ1v) is 9.87. The maximum absolute atomic E-state index is 12.6. The van der Waals surface area contributed by atoms with Crippen molar-refractivity contribution in [2.75, 3.05) is 13.1 Å². The van der Waals surface area contributed by atoms with E-state index in [0.717, 1.165) is 12.1 Å². The van der Waals surface area contributed by atoms with Gasteiger partial charge in [0.15, 0.2) is 0 Å². The van der Waals surface area contributed by atoms with Crippen LogP contribution in [-0.4, -0.2) is 34.4 Å². The van der Waals surface area contributed by atoms with E-state index >= 15 is 0 Å². The molecule has 1 saturated heterocycles. The summed E-state index contributed by atoms with van der Waals surface area (Å²) >= 11 is 0. The lowest BCUT2D eigenvalue weighted by atomic mass is 9.83. The fourth-order valence-electron chi connectivity index (χ4n) is 4.35. The molecule has 7 nitrogen and oxygen atoms in total. The standard InChI is InChI=1S/C21H25N3O4/c25-19(22-11-17-4-3-9-28-17)6-2-7-20(26)23-12-15-10-16(14-23)18-5-1-8-21(27)24(18)13-15/h1,3-5,8-9,15-16H,2,6-7,10-14H2,(H,22,25). The molecule has 2 amide bonds. The van der Waals surface area contributed by atoms with Crippen molar-refractivity contribution < 1.29 is 14.0 Å². The van der Waals surface area contributed by atoms with Crippen LogP contribution in [0.25, 0.3) is 0 Å². The number of pyridine rings is 1. The summed E-state index contributed by atoms with van der Waals surface area (Å²) in [6, 6.07) is 8.99. The van der Waals surface area contributed by atoms with Crippen molar-refractivity contribution in [3.8, 4) is 0 Å². The SMILES string of the molecule is O=C(CCCC(=O)N1CC2CC(C1)c1cccc(=O)n1C2)NCc1ccco1. The topological polar surface area (TPSA) is 84.5 Å². The number of amides is 2. The van der Waals surface area contributed by atoms with Gasteiger partial charge in [0, 0.05) is 50.2 Å². The summed E-state index contributed by atoms with van der Waals surface area (Å²) in [5.41, 5.74) is 1.09. The van der Waals surface area contributed by atoms with Crippen LogP contribution in [0.2, 0.25) is 0 Å². The molecule has 2 aromatic rings. The van der Waals surface area contributed by atoms with Gasteiger partial charge in [0.2, 0.25) is 11.8 Å². The third-order valence-corrected chi connectivity index (χ3v) is 5.67. The summed E-state index contributed by atoms with van der Waals surface area (Å²) in [6.07, 6.45) is 3.83. The minimum Gasteiger partial charge on any atom is -0.467 e. The van der Waals surface area contributed by atoms with E-state index in [1.807, 2.05) is 21.6 Å². The van der Waals surface area contributed by atoms with Gasteiger partial charge in [-0.1, -0.05) is 6.07 Å². The Morgan fingerprint density at radius 2 is 2.00 bits per heavy atom. The van der Waals surface area contributed by atoms with Crippen LogP contribution in [0.5, 0.6) is 0 Å². The molecule has 2 bridgehead atoms. The number of aromatic nitrogens is 1. The first kappa shape index (κ1) is 18.5. The number of rotatable bonds is 6. The number of piperidine rings is 1. The fourth-order valence-corrected chi connectivity index (χ4v) is 4.35. The zero-order valence-corrected chi connectivity index (χ0v) is 15.8. The van der Waals surface area contributed by atoms with E-state index in [1.54, 1.807) is 24.5 Å². The molecule has 0 spiro atoms. The minimum atomic E-state index is -0.0759. The summed E-state index contributed by atoms with van der Waals surface area (Å²) in [5.74, 6) is 1.28. The van der Waals surface area contributed by atoms with Crippen LogP contribution in [0, 0.1) is 5.92 Å². The number of carbonyl (C=O) groups is 2. The molecule has 28 heavy (non-hydrogen) atoms. The predicted octanol–water partition coefficient (Wildman–Crippen LogP) is 1.87. The smallest absolute Gasteiger partial charge is 0.250 e. The van der Waals surface area contributed by atoms with E-state index in [9.17, 15) is 14.4 Å². The van der Waals surface area contributed by atoms with Crippen LogP contribution in [0.1, 0.15) is 43.1 Å². The molecule has 2 aliphatic heterocycles. The van der Waals surface area contributed by atoms with Gasteiger partial charge in [-0.25, -0.2) is 0 Å². The summed E-state index contributed by atoms with van der Waals surface area (Å²) < 4.78 is 7.04. The fraction of sp³-hybridized carbons (Fsp3) is 0.476. The average Bonchev–Trinajstić information content (AvgIpc) is 3.21.